The van der Waals surface area contributed by atoms with Crippen molar-refractivity contribution in [2.45, 2.75) is 38.9 Å². The van der Waals surface area contributed by atoms with Gasteiger partial charge in [-0.3, -0.25) is 4.79 Å². The van der Waals surface area contributed by atoms with Gasteiger partial charge in [0.2, 0.25) is 0 Å². The largest absolute Gasteiger partial charge is 0.466 e. The fourth-order valence-electron chi connectivity index (χ4n) is 4.35. The van der Waals surface area contributed by atoms with Crippen LogP contribution in [0.4, 0.5) is 0 Å². The number of ether oxygens (including phenoxy) is 1. The van der Waals surface area contributed by atoms with E-state index >= 15 is 0 Å². The zero-order valence-corrected chi connectivity index (χ0v) is 18.9. The summed E-state index contributed by atoms with van der Waals surface area (Å²) in [6.45, 7) is 4.06. The first kappa shape index (κ1) is 22.8. The molecule has 0 radical (unpaired) electrons. The van der Waals surface area contributed by atoms with Crippen LogP contribution in [0.2, 0.25) is 0 Å². The highest BCUT2D eigenvalue weighted by molar-refractivity contribution is 6.06. The molecule has 2 N–H and O–H groups in total. The van der Waals surface area contributed by atoms with Crippen LogP contribution in [-0.4, -0.2) is 39.4 Å². The second-order valence-corrected chi connectivity index (χ2v) is 8.19. The zero-order chi connectivity index (χ0) is 23.4. The normalized spacial score (nSPS) is 13.6. The summed E-state index contributed by atoms with van der Waals surface area (Å²) >= 11 is 0. The molecule has 2 heterocycles. The molecule has 4 aromatic rings. The Morgan fingerprint density at radius 2 is 1.79 bits per heavy atom. The molecule has 5 heteroatoms. The highest BCUT2D eigenvalue weighted by atomic mass is 16.5. The van der Waals surface area contributed by atoms with Gasteiger partial charge in [0, 0.05) is 34.8 Å². The van der Waals surface area contributed by atoms with Crippen molar-refractivity contribution in [3.8, 4) is 11.1 Å². The first-order valence-corrected chi connectivity index (χ1v) is 11.3. The van der Waals surface area contributed by atoms with Crippen molar-refractivity contribution in [2.75, 3.05) is 6.61 Å². The van der Waals surface area contributed by atoms with Crippen molar-refractivity contribution in [2.24, 2.45) is 0 Å². The van der Waals surface area contributed by atoms with E-state index in [4.69, 9.17) is 4.74 Å². The summed E-state index contributed by atoms with van der Waals surface area (Å²) in [7, 11) is 0. The molecule has 0 spiro atoms. The van der Waals surface area contributed by atoms with Crippen LogP contribution in [-0.2, 0) is 9.53 Å². The number of pyridine rings is 1. The lowest BCUT2D eigenvalue weighted by Crippen LogP contribution is -2.20. The lowest BCUT2D eigenvalue weighted by molar-refractivity contribution is -0.145. The predicted molar refractivity (Wildman–Crippen MR) is 132 cm³/mol. The van der Waals surface area contributed by atoms with Gasteiger partial charge in [-0.05, 0) is 30.9 Å². The minimum absolute atomic E-state index is 0.0608. The molecule has 4 rings (SSSR count). The van der Waals surface area contributed by atoms with Gasteiger partial charge in [0.1, 0.15) is 0 Å². The molecule has 0 amide bonds. The predicted octanol–water partition coefficient (Wildman–Crippen LogP) is 5.15. The molecule has 0 aliphatic heterocycles. The van der Waals surface area contributed by atoms with Crippen LogP contribution >= 0.6 is 0 Å². The Labute approximate surface area is 193 Å². The molecule has 170 valence electrons. The van der Waals surface area contributed by atoms with Gasteiger partial charge in [0.15, 0.2) is 0 Å². The Kier molecular flexibility index (Phi) is 6.92. The first-order chi connectivity index (χ1) is 16.0. The molecule has 0 aliphatic rings. The number of benzene rings is 2. The number of hydrogen-bond acceptors (Lipinski definition) is 4. The Morgan fingerprint density at radius 3 is 2.55 bits per heavy atom. The van der Waals surface area contributed by atoms with E-state index in [1.807, 2.05) is 36.4 Å². The topological polar surface area (TPSA) is 71.2 Å². The van der Waals surface area contributed by atoms with Crippen LogP contribution in [0.25, 0.3) is 33.5 Å². The van der Waals surface area contributed by atoms with E-state index in [0.29, 0.717) is 0 Å². The monoisotopic (exact) mass is 443 g/mol. The van der Waals surface area contributed by atoms with Gasteiger partial charge in [-0.15, -0.1) is 0 Å². The number of carbonyl (C=O) groups excluding carboxylic acids is 1. The summed E-state index contributed by atoms with van der Waals surface area (Å²) in [5.41, 5.74) is 5.38. The van der Waals surface area contributed by atoms with Crippen LogP contribution in [0.5, 0.6) is 0 Å². The minimum Gasteiger partial charge on any atom is -0.466 e. The van der Waals surface area contributed by atoms with Crippen LogP contribution in [0, 0.1) is 6.92 Å². The maximum Gasteiger partial charge on any atom is 0.308 e. The minimum atomic E-state index is -0.963. The molecule has 0 aliphatic carbocycles. The van der Waals surface area contributed by atoms with Gasteiger partial charge in [-0.2, -0.15) is 0 Å². The Morgan fingerprint density at radius 1 is 1.06 bits per heavy atom. The number of aliphatic hydroxyl groups excluding tert-OH is 2. The highest BCUT2D eigenvalue weighted by Gasteiger charge is 2.19. The molecule has 2 atom stereocenters. The second-order valence-electron chi connectivity index (χ2n) is 8.19. The van der Waals surface area contributed by atoms with Crippen molar-refractivity contribution in [1.29, 1.82) is 0 Å². The number of carbonyl (C=O) groups is 1. The molecule has 0 saturated carbocycles. The van der Waals surface area contributed by atoms with E-state index in [9.17, 15) is 15.0 Å². The smallest absolute Gasteiger partial charge is 0.308 e. The van der Waals surface area contributed by atoms with Gasteiger partial charge >= 0.3 is 5.97 Å². The van der Waals surface area contributed by atoms with Crippen molar-refractivity contribution >= 4 is 28.3 Å². The summed E-state index contributed by atoms with van der Waals surface area (Å²) in [5, 5.41) is 23.0. The maximum absolute atomic E-state index is 11.6. The van der Waals surface area contributed by atoms with Crippen molar-refractivity contribution in [3.05, 3.63) is 84.2 Å². The second kappa shape index (κ2) is 10.0. The molecule has 2 aromatic carbocycles. The van der Waals surface area contributed by atoms with Crippen molar-refractivity contribution < 1.29 is 19.7 Å². The molecule has 2 aromatic heterocycles. The van der Waals surface area contributed by atoms with E-state index in [2.05, 4.69) is 47.9 Å². The lowest BCUT2D eigenvalue weighted by Gasteiger charge is -2.12. The molecule has 0 bridgehead atoms. The van der Waals surface area contributed by atoms with Crippen LogP contribution in [0.1, 0.15) is 31.0 Å². The Balaban J connectivity index is 1.74. The summed E-state index contributed by atoms with van der Waals surface area (Å²) in [6.07, 6.45) is 3.76. The van der Waals surface area contributed by atoms with Crippen LogP contribution in [0.15, 0.2) is 72.9 Å². The van der Waals surface area contributed by atoms with Gasteiger partial charge < -0.3 is 19.4 Å². The van der Waals surface area contributed by atoms with E-state index in [-0.39, 0.29) is 19.4 Å². The van der Waals surface area contributed by atoms with Crippen molar-refractivity contribution in [3.63, 3.8) is 0 Å². The Bertz CT molecular complexity index is 1290. The average molecular weight is 444 g/mol. The molecule has 0 saturated heterocycles. The van der Waals surface area contributed by atoms with Crippen LogP contribution < -0.4 is 0 Å². The third-order valence-corrected chi connectivity index (χ3v) is 5.89. The maximum atomic E-state index is 11.6. The van der Waals surface area contributed by atoms with Crippen LogP contribution in [0.3, 0.4) is 0 Å². The molecule has 0 fully saturated rings. The summed E-state index contributed by atoms with van der Waals surface area (Å²) < 4.78 is 7.06. The fourth-order valence-corrected chi connectivity index (χ4v) is 4.35. The number of aryl methyl sites for hydroxylation is 1. The number of rotatable bonds is 8. The number of aromatic nitrogens is 1. The van der Waals surface area contributed by atoms with Gasteiger partial charge in [-0.25, -0.2) is 0 Å². The van der Waals surface area contributed by atoms with Gasteiger partial charge in [0.25, 0.3) is 0 Å². The Hall–Kier alpha value is -3.41. The van der Waals surface area contributed by atoms with E-state index < -0.39 is 18.2 Å². The van der Waals surface area contributed by atoms with Gasteiger partial charge in [-0.1, -0.05) is 66.7 Å². The first-order valence-electron chi connectivity index (χ1n) is 11.3. The summed E-state index contributed by atoms with van der Waals surface area (Å²) in [4.78, 5) is 11.6. The molecule has 5 nitrogen and oxygen atoms in total. The quantitative estimate of drug-likeness (QED) is 0.370. The van der Waals surface area contributed by atoms with E-state index in [1.54, 1.807) is 13.0 Å². The van der Waals surface area contributed by atoms with E-state index in [1.165, 1.54) is 0 Å². The summed E-state index contributed by atoms with van der Waals surface area (Å²) in [5.74, 6) is -0.464. The number of fused-ring (bicyclic) bond motifs is 3. The average Bonchev–Trinajstić information content (AvgIpc) is 3.10. The lowest BCUT2D eigenvalue weighted by atomic mass is 9.98. The standard InChI is InChI=1S/C28H29NO4/c1-3-33-26(32)18-23(31)17-22(30)13-14-24-19(2)29-16-15-20-9-7-8-12-25(20)28(29)27(24)21-10-5-4-6-11-21/h4-16,22-23,30-31H,3,17-18H2,1-2H3/b14-13+. The number of esters is 1. The third-order valence-electron chi connectivity index (χ3n) is 5.89. The fraction of sp³-hybridized carbons (Fsp3) is 0.250. The molecule has 33 heavy (non-hydrogen) atoms. The molecular weight excluding hydrogens is 414 g/mol. The number of hydrogen-bond donors (Lipinski definition) is 2. The SMILES string of the molecule is CCOC(=O)CC(O)CC(O)/C=C/c1c(-c2ccccc2)c2c3ccccc3ccn2c1C. The van der Waals surface area contributed by atoms with E-state index in [0.717, 1.165) is 38.7 Å². The zero-order valence-electron chi connectivity index (χ0n) is 18.9. The molecule has 2 unspecified atom stereocenters. The van der Waals surface area contributed by atoms with Gasteiger partial charge in [0.05, 0.1) is 30.8 Å². The number of aliphatic hydroxyl groups is 2. The molecular formula is C28H29NO4. The third kappa shape index (κ3) is 4.85. The van der Waals surface area contributed by atoms with Crippen molar-refractivity contribution in [1.82, 2.24) is 4.40 Å². The summed E-state index contributed by atoms with van der Waals surface area (Å²) in [6, 6.07) is 20.7. The highest BCUT2D eigenvalue weighted by Crippen LogP contribution is 2.37. The number of nitrogens with zero attached hydrogens (tertiary/aromatic N) is 1.